The first-order valence-corrected chi connectivity index (χ1v) is 12.9. The number of nitrogens with one attached hydrogen (secondary N) is 1. The number of carbonyl (C=O) groups is 3. The Labute approximate surface area is 223 Å². The van der Waals surface area contributed by atoms with Crippen molar-refractivity contribution in [3.8, 4) is 11.5 Å². The van der Waals surface area contributed by atoms with Crippen LogP contribution < -0.4 is 14.8 Å². The molecular formula is C31H34N2O5. The van der Waals surface area contributed by atoms with Gasteiger partial charge >= 0.3 is 0 Å². The van der Waals surface area contributed by atoms with Crippen molar-refractivity contribution >= 4 is 17.6 Å². The number of hydrogen-bond acceptors (Lipinski definition) is 5. The van der Waals surface area contributed by atoms with Crippen LogP contribution in [-0.4, -0.2) is 49.3 Å². The molecule has 0 aromatic heterocycles. The minimum Gasteiger partial charge on any atom is -0.496 e. The van der Waals surface area contributed by atoms with Crippen molar-refractivity contribution < 1.29 is 23.9 Å². The van der Waals surface area contributed by atoms with E-state index in [1.165, 1.54) is 36.8 Å². The molecule has 0 fully saturated rings. The van der Waals surface area contributed by atoms with Crippen molar-refractivity contribution in [3.05, 3.63) is 94.5 Å². The summed E-state index contributed by atoms with van der Waals surface area (Å²) >= 11 is 0. The molecule has 0 saturated heterocycles. The Balaban J connectivity index is 1.48. The molecule has 198 valence electrons. The van der Waals surface area contributed by atoms with E-state index in [-0.39, 0.29) is 18.0 Å². The SMILES string of the molecule is COc1cc(C(=O)C(=O)N2Cc3ccccc3CC2C(=O)NCCCCc2ccccc2)cc(OC)c1C. The van der Waals surface area contributed by atoms with Crippen LogP contribution in [0.4, 0.5) is 0 Å². The summed E-state index contributed by atoms with van der Waals surface area (Å²) in [5, 5.41) is 2.99. The smallest absolute Gasteiger partial charge is 0.295 e. The topological polar surface area (TPSA) is 84.9 Å². The number of Topliss-reactive ketones (excluding diaryl/α,β-unsaturated/α-hetero) is 1. The summed E-state index contributed by atoms with van der Waals surface area (Å²) in [6.45, 7) is 2.51. The number of carbonyl (C=O) groups excluding carboxylic acids is 3. The van der Waals surface area contributed by atoms with Gasteiger partial charge in [0, 0.05) is 30.6 Å². The van der Waals surface area contributed by atoms with Crippen LogP contribution in [0.25, 0.3) is 0 Å². The standard InChI is InChI=1S/C31H34N2O5/c1-21-27(37-2)18-25(19-28(21)38-3)29(34)31(36)33-20-24-15-8-7-14-23(24)17-26(33)30(35)32-16-10-9-13-22-11-5-4-6-12-22/h4-8,11-12,14-15,18-19,26H,9-10,13,16-17,20H2,1-3H3,(H,32,35). The minimum absolute atomic E-state index is 0.160. The molecule has 1 aliphatic rings. The van der Waals surface area contributed by atoms with Gasteiger partial charge in [-0.2, -0.15) is 0 Å². The molecule has 0 saturated carbocycles. The maximum absolute atomic E-state index is 13.6. The number of fused-ring (bicyclic) bond motifs is 1. The monoisotopic (exact) mass is 514 g/mol. The van der Waals surface area contributed by atoms with E-state index in [0.717, 1.165) is 36.0 Å². The minimum atomic E-state index is -0.773. The van der Waals surface area contributed by atoms with Crippen molar-refractivity contribution in [2.45, 2.75) is 45.2 Å². The summed E-state index contributed by atoms with van der Waals surface area (Å²) in [5.74, 6) is -0.777. The van der Waals surface area contributed by atoms with Gasteiger partial charge in [-0.3, -0.25) is 14.4 Å². The van der Waals surface area contributed by atoms with E-state index >= 15 is 0 Å². The number of hydrogen-bond donors (Lipinski definition) is 1. The maximum atomic E-state index is 13.6. The molecule has 2 amide bonds. The predicted octanol–water partition coefficient (Wildman–Crippen LogP) is 4.29. The van der Waals surface area contributed by atoms with E-state index in [1.54, 1.807) is 0 Å². The largest absolute Gasteiger partial charge is 0.496 e. The van der Waals surface area contributed by atoms with Crippen molar-refractivity contribution in [1.82, 2.24) is 10.2 Å². The molecule has 1 N–H and O–H groups in total. The van der Waals surface area contributed by atoms with Gasteiger partial charge in [0.1, 0.15) is 17.5 Å². The van der Waals surface area contributed by atoms with E-state index in [2.05, 4.69) is 17.4 Å². The Morgan fingerprint density at radius 3 is 2.18 bits per heavy atom. The molecule has 7 nitrogen and oxygen atoms in total. The first-order valence-electron chi connectivity index (χ1n) is 12.9. The first-order chi connectivity index (χ1) is 18.4. The molecule has 3 aromatic carbocycles. The van der Waals surface area contributed by atoms with Gasteiger partial charge in [0.15, 0.2) is 0 Å². The zero-order valence-electron chi connectivity index (χ0n) is 22.2. The van der Waals surface area contributed by atoms with Crippen LogP contribution >= 0.6 is 0 Å². The summed E-state index contributed by atoms with van der Waals surface area (Å²) < 4.78 is 10.8. The molecule has 4 rings (SSSR count). The number of ketones is 1. The third-order valence-corrected chi connectivity index (χ3v) is 7.06. The van der Waals surface area contributed by atoms with Crippen molar-refractivity contribution in [1.29, 1.82) is 0 Å². The van der Waals surface area contributed by atoms with Gasteiger partial charge < -0.3 is 19.7 Å². The average Bonchev–Trinajstić information content (AvgIpc) is 2.96. The zero-order chi connectivity index (χ0) is 27.1. The maximum Gasteiger partial charge on any atom is 0.295 e. The summed E-state index contributed by atoms with van der Waals surface area (Å²) in [7, 11) is 3.00. The van der Waals surface area contributed by atoms with Crippen LogP contribution in [0, 0.1) is 6.92 Å². The van der Waals surface area contributed by atoms with E-state index in [4.69, 9.17) is 9.47 Å². The molecule has 1 atom stereocenters. The zero-order valence-corrected chi connectivity index (χ0v) is 22.2. The van der Waals surface area contributed by atoms with E-state index in [9.17, 15) is 14.4 Å². The third-order valence-electron chi connectivity index (χ3n) is 7.06. The molecule has 7 heteroatoms. The van der Waals surface area contributed by atoms with E-state index in [1.807, 2.05) is 49.4 Å². The highest BCUT2D eigenvalue weighted by Gasteiger charge is 2.37. The molecule has 0 bridgehead atoms. The van der Waals surface area contributed by atoms with Gasteiger partial charge in [-0.25, -0.2) is 0 Å². The molecule has 0 aliphatic carbocycles. The van der Waals surface area contributed by atoms with Gasteiger partial charge in [0.2, 0.25) is 5.91 Å². The molecule has 0 spiro atoms. The first kappa shape index (κ1) is 26.9. The van der Waals surface area contributed by atoms with E-state index in [0.29, 0.717) is 24.5 Å². The lowest BCUT2D eigenvalue weighted by molar-refractivity contribution is -0.138. The number of amides is 2. The van der Waals surface area contributed by atoms with Gasteiger partial charge in [0.25, 0.3) is 11.7 Å². The fourth-order valence-corrected chi connectivity index (χ4v) is 4.87. The Hall–Kier alpha value is -4.13. The highest BCUT2D eigenvalue weighted by atomic mass is 16.5. The Morgan fingerprint density at radius 2 is 1.53 bits per heavy atom. The summed E-state index contributed by atoms with van der Waals surface area (Å²) in [5.41, 5.74) is 4.09. The number of rotatable bonds is 10. The number of nitrogens with zero attached hydrogens (tertiary/aromatic N) is 1. The fraction of sp³-hybridized carbons (Fsp3) is 0.323. The van der Waals surface area contributed by atoms with Crippen molar-refractivity contribution in [2.24, 2.45) is 0 Å². The van der Waals surface area contributed by atoms with Crippen LogP contribution in [0.3, 0.4) is 0 Å². The lowest BCUT2D eigenvalue weighted by atomic mass is 9.92. The van der Waals surface area contributed by atoms with Crippen molar-refractivity contribution in [2.75, 3.05) is 20.8 Å². The Kier molecular flexibility index (Phi) is 8.79. The van der Waals surface area contributed by atoms with E-state index < -0.39 is 17.7 Å². The van der Waals surface area contributed by atoms with Gasteiger partial charge in [-0.05, 0) is 55.0 Å². The molecule has 3 aromatic rings. The third kappa shape index (κ3) is 6.05. The number of benzene rings is 3. The highest BCUT2D eigenvalue weighted by Crippen LogP contribution is 2.31. The summed E-state index contributed by atoms with van der Waals surface area (Å²) in [6.07, 6.45) is 3.05. The van der Waals surface area contributed by atoms with Gasteiger partial charge in [-0.15, -0.1) is 0 Å². The van der Waals surface area contributed by atoms with Crippen LogP contribution in [0.5, 0.6) is 11.5 Å². The summed E-state index contributed by atoms with van der Waals surface area (Å²) in [4.78, 5) is 41.6. The van der Waals surface area contributed by atoms with Gasteiger partial charge in [-0.1, -0.05) is 54.6 Å². The average molecular weight is 515 g/mol. The predicted molar refractivity (Wildman–Crippen MR) is 145 cm³/mol. The fourth-order valence-electron chi connectivity index (χ4n) is 4.87. The van der Waals surface area contributed by atoms with Crippen LogP contribution in [0.1, 0.15) is 45.5 Å². The lowest BCUT2D eigenvalue weighted by Gasteiger charge is -2.35. The quantitative estimate of drug-likeness (QED) is 0.248. The molecular weight excluding hydrogens is 480 g/mol. The second-order valence-corrected chi connectivity index (χ2v) is 9.49. The van der Waals surface area contributed by atoms with Crippen molar-refractivity contribution in [3.63, 3.8) is 0 Å². The normalized spacial score (nSPS) is 14.4. The molecule has 38 heavy (non-hydrogen) atoms. The second-order valence-electron chi connectivity index (χ2n) is 9.49. The lowest BCUT2D eigenvalue weighted by Crippen LogP contribution is -2.54. The van der Waals surface area contributed by atoms with Crippen LogP contribution in [0.15, 0.2) is 66.7 Å². The molecule has 0 radical (unpaired) electrons. The number of ether oxygens (including phenoxy) is 2. The van der Waals surface area contributed by atoms with Gasteiger partial charge in [0.05, 0.1) is 14.2 Å². The van der Waals surface area contributed by atoms with Crippen LogP contribution in [0.2, 0.25) is 0 Å². The highest BCUT2D eigenvalue weighted by molar-refractivity contribution is 6.43. The number of aryl methyl sites for hydroxylation is 1. The Bertz CT molecular complexity index is 1280. The Morgan fingerprint density at radius 1 is 0.895 bits per heavy atom. The summed E-state index contributed by atoms with van der Waals surface area (Å²) in [6, 6.07) is 20.2. The number of unbranched alkanes of at least 4 members (excludes halogenated alkanes) is 1. The molecule has 1 unspecified atom stereocenters. The molecule has 1 heterocycles. The molecule has 1 aliphatic heterocycles. The van der Waals surface area contributed by atoms with Crippen LogP contribution in [-0.2, 0) is 29.0 Å². The number of methoxy groups -OCH3 is 2. The second kappa shape index (κ2) is 12.4.